The average molecular weight is 347 g/mol. The fraction of sp³-hybridized carbons (Fsp3) is 0.438. The summed E-state index contributed by atoms with van der Waals surface area (Å²) in [7, 11) is -3.36. The van der Waals surface area contributed by atoms with Crippen molar-refractivity contribution in [1.29, 1.82) is 0 Å². The summed E-state index contributed by atoms with van der Waals surface area (Å²) in [4.78, 5) is 13.1. The van der Waals surface area contributed by atoms with E-state index in [1.54, 1.807) is 6.20 Å². The molecule has 128 valence electrons. The van der Waals surface area contributed by atoms with Gasteiger partial charge in [0.2, 0.25) is 5.95 Å². The Bertz CT molecular complexity index is 789. The fourth-order valence-corrected chi connectivity index (χ4v) is 3.64. The molecule has 1 aliphatic rings. The maximum absolute atomic E-state index is 12.1. The Balaban J connectivity index is 1.86. The second kappa shape index (κ2) is 7.23. The van der Waals surface area contributed by atoms with Crippen molar-refractivity contribution >= 4 is 15.8 Å². The molecule has 3 rings (SSSR count). The fourth-order valence-electron chi connectivity index (χ4n) is 2.80. The van der Waals surface area contributed by atoms with Crippen LogP contribution in [0.3, 0.4) is 0 Å². The van der Waals surface area contributed by atoms with Crippen LogP contribution in [0.5, 0.6) is 0 Å². The van der Waals surface area contributed by atoms with Crippen LogP contribution in [-0.2, 0) is 16.4 Å². The van der Waals surface area contributed by atoms with E-state index in [9.17, 15) is 8.42 Å². The number of hydrogen-bond donors (Lipinski definition) is 2. The van der Waals surface area contributed by atoms with E-state index < -0.39 is 9.84 Å². The number of piperidine rings is 1. The van der Waals surface area contributed by atoms with Gasteiger partial charge in [-0.05, 0) is 31.5 Å². The first-order valence-corrected chi connectivity index (χ1v) is 9.84. The molecule has 0 aromatic carbocycles. The number of sulfone groups is 1. The third kappa shape index (κ3) is 4.07. The van der Waals surface area contributed by atoms with Crippen LogP contribution < -0.4 is 10.6 Å². The molecule has 7 nitrogen and oxygen atoms in total. The van der Waals surface area contributed by atoms with E-state index in [1.807, 2.05) is 18.2 Å². The van der Waals surface area contributed by atoms with Crippen molar-refractivity contribution in [2.75, 3.05) is 24.7 Å². The summed E-state index contributed by atoms with van der Waals surface area (Å²) in [6.07, 6.45) is 6.27. The summed E-state index contributed by atoms with van der Waals surface area (Å²) in [5.41, 5.74) is 1.47. The predicted molar refractivity (Wildman–Crippen MR) is 91.6 cm³/mol. The van der Waals surface area contributed by atoms with Gasteiger partial charge in [0.15, 0.2) is 9.84 Å². The smallest absolute Gasteiger partial charge is 0.223 e. The van der Waals surface area contributed by atoms with Crippen molar-refractivity contribution < 1.29 is 8.42 Å². The van der Waals surface area contributed by atoms with E-state index in [2.05, 4.69) is 25.6 Å². The van der Waals surface area contributed by atoms with E-state index in [-0.39, 0.29) is 10.8 Å². The summed E-state index contributed by atoms with van der Waals surface area (Å²) in [5, 5.41) is 6.42. The SMILES string of the molecule is CS(=O)(=O)c1cnc(NCc2ccccn2)nc1[C@@H]1CCCNC1. The zero-order chi connectivity index (χ0) is 17.0. The molecule has 1 atom stereocenters. The maximum atomic E-state index is 12.1. The number of nitrogens with one attached hydrogen (secondary N) is 2. The molecule has 0 amide bonds. The van der Waals surface area contributed by atoms with Crippen LogP contribution in [0, 0.1) is 0 Å². The molecule has 1 saturated heterocycles. The normalized spacial score (nSPS) is 18.3. The lowest BCUT2D eigenvalue weighted by Crippen LogP contribution is -2.30. The lowest BCUT2D eigenvalue weighted by molar-refractivity contribution is 0.448. The Morgan fingerprint density at radius 3 is 2.88 bits per heavy atom. The monoisotopic (exact) mass is 347 g/mol. The van der Waals surface area contributed by atoms with Crippen LogP contribution in [0.4, 0.5) is 5.95 Å². The average Bonchev–Trinajstić information content (AvgIpc) is 2.60. The molecule has 0 bridgehead atoms. The van der Waals surface area contributed by atoms with Gasteiger partial charge in [-0.2, -0.15) is 0 Å². The van der Waals surface area contributed by atoms with Gasteiger partial charge in [-0.3, -0.25) is 4.98 Å². The summed E-state index contributed by atoms with van der Waals surface area (Å²) in [6.45, 7) is 2.18. The van der Waals surface area contributed by atoms with E-state index >= 15 is 0 Å². The highest BCUT2D eigenvalue weighted by atomic mass is 32.2. The molecule has 1 aliphatic heterocycles. The minimum atomic E-state index is -3.36. The molecule has 24 heavy (non-hydrogen) atoms. The molecule has 0 spiro atoms. The Hall–Kier alpha value is -2.06. The second-order valence-corrected chi connectivity index (χ2v) is 7.92. The molecule has 8 heteroatoms. The Morgan fingerprint density at radius 1 is 1.33 bits per heavy atom. The van der Waals surface area contributed by atoms with Crippen LogP contribution >= 0.6 is 0 Å². The van der Waals surface area contributed by atoms with Gasteiger partial charge in [0, 0.05) is 24.9 Å². The standard InChI is InChI=1S/C16H21N5O2S/c1-24(22,23)14-11-20-16(19-10-13-6-2-3-8-18-13)21-15(14)12-5-4-7-17-9-12/h2-3,6,8,11-12,17H,4-5,7,9-10H2,1H3,(H,19,20,21)/t12-/m1/s1. The van der Waals surface area contributed by atoms with Gasteiger partial charge < -0.3 is 10.6 Å². The molecule has 2 aromatic rings. The Kier molecular flexibility index (Phi) is 5.06. The van der Waals surface area contributed by atoms with Crippen LogP contribution in [-0.4, -0.2) is 42.7 Å². The van der Waals surface area contributed by atoms with Gasteiger partial charge >= 0.3 is 0 Å². The first kappa shape index (κ1) is 16.8. The van der Waals surface area contributed by atoms with Gasteiger partial charge in [0.25, 0.3) is 0 Å². The highest BCUT2D eigenvalue weighted by molar-refractivity contribution is 7.90. The summed E-state index contributed by atoms with van der Waals surface area (Å²) < 4.78 is 24.1. The number of anilines is 1. The summed E-state index contributed by atoms with van der Waals surface area (Å²) in [6, 6.07) is 5.68. The predicted octanol–water partition coefficient (Wildman–Crippen LogP) is 1.35. The van der Waals surface area contributed by atoms with Crippen molar-refractivity contribution in [1.82, 2.24) is 20.3 Å². The van der Waals surface area contributed by atoms with Crippen molar-refractivity contribution in [3.63, 3.8) is 0 Å². The first-order chi connectivity index (χ1) is 11.5. The highest BCUT2D eigenvalue weighted by Crippen LogP contribution is 2.27. The van der Waals surface area contributed by atoms with Crippen LogP contribution in [0.2, 0.25) is 0 Å². The lowest BCUT2D eigenvalue weighted by atomic mass is 9.96. The molecule has 3 heterocycles. The van der Waals surface area contributed by atoms with Gasteiger partial charge in [-0.25, -0.2) is 18.4 Å². The van der Waals surface area contributed by atoms with Gasteiger partial charge in [-0.1, -0.05) is 6.07 Å². The zero-order valence-corrected chi connectivity index (χ0v) is 14.4. The molecule has 0 saturated carbocycles. The van der Waals surface area contributed by atoms with E-state index in [1.165, 1.54) is 12.5 Å². The molecule has 0 unspecified atom stereocenters. The maximum Gasteiger partial charge on any atom is 0.223 e. The molecule has 0 radical (unpaired) electrons. The number of rotatable bonds is 5. The van der Waals surface area contributed by atoms with Crippen molar-refractivity contribution in [3.05, 3.63) is 42.0 Å². The minimum Gasteiger partial charge on any atom is -0.349 e. The van der Waals surface area contributed by atoms with Gasteiger partial charge in [-0.15, -0.1) is 0 Å². The van der Waals surface area contributed by atoms with Crippen molar-refractivity contribution in [3.8, 4) is 0 Å². The van der Waals surface area contributed by atoms with E-state index in [4.69, 9.17) is 0 Å². The van der Waals surface area contributed by atoms with Gasteiger partial charge in [0.05, 0.1) is 24.1 Å². The zero-order valence-electron chi connectivity index (χ0n) is 13.6. The molecular weight excluding hydrogens is 326 g/mol. The minimum absolute atomic E-state index is 0.0851. The van der Waals surface area contributed by atoms with E-state index in [0.717, 1.165) is 31.6 Å². The molecule has 2 aromatic heterocycles. The lowest BCUT2D eigenvalue weighted by Gasteiger charge is -2.24. The van der Waals surface area contributed by atoms with Crippen molar-refractivity contribution in [2.45, 2.75) is 30.2 Å². The van der Waals surface area contributed by atoms with Gasteiger partial charge in [0.1, 0.15) is 4.90 Å². The first-order valence-electron chi connectivity index (χ1n) is 7.95. The number of aromatic nitrogens is 3. The number of nitrogens with zero attached hydrogens (tertiary/aromatic N) is 3. The molecular formula is C16H21N5O2S. The summed E-state index contributed by atoms with van der Waals surface area (Å²) >= 11 is 0. The third-order valence-electron chi connectivity index (χ3n) is 4.02. The largest absolute Gasteiger partial charge is 0.349 e. The van der Waals surface area contributed by atoms with Crippen LogP contribution in [0.25, 0.3) is 0 Å². The number of pyridine rings is 1. The highest BCUT2D eigenvalue weighted by Gasteiger charge is 2.25. The molecule has 2 N–H and O–H groups in total. The molecule has 1 fully saturated rings. The van der Waals surface area contributed by atoms with Crippen LogP contribution in [0.1, 0.15) is 30.1 Å². The topological polar surface area (TPSA) is 96.9 Å². The third-order valence-corrected chi connectivity index (χ3v) is 5.13. The van der Waals surface area contributed by atoms with E-state index in [0.29, 0.717) is 18.2 Å². The Labute approximate surface area is 141 Å². The summed E-state index contributed by atoms with van der Waals surface area (Å²) in [5.74, 6) is 0.510. The quantitative estimate of drug-likeness (QED) is 0.843. The van der Waals surface area contributed by atoms with Crippen LogP contribution in [0.15, 0.2) is 35.5 Å². The second-order valence-electron chi connectivity index (χ2n) is 5.93. The van der Waals surface area contributed by atoms with Crippen molar-refractivity contribution in [2.24, 2.45) is 0 Å². The Morgan fingerprint density at radius 2 is 2.21 bits per heavy atom. The molecule has 0 aliphatic carbocycles. The number of hydrogen-bond acceptors (Lipinski definition) is 7.